The first-order valence-electron chi connectivity index (χ1n) is 5.79. The second-order valence-corrected chi connectivity index (χ2v) is 4.28. The predicted octanol–water partition coefficient (Wildman–Crippen LogP) is 0.0850. The van der Waals surface area contributed by atoms with E-state index in [4.69, 9.17) is 0 Å². The number of nitrogens with zero attached hydrogens (tertiary/aromatic N) is 4. The van der Waals surface area contributed by atoms with E-state index in [9.17, 15) is 10.1 Å². The highest BCUT2D eigenvalue weighted by molar-refractivity contribution is 5.13. The van der Waals surface area contributed by atoms with E-state index in [0.717, 1.165) is 26.2 Å². The number of nitro groups is 1. The van der Waals surface area contributed by atoms with Gasteiger partial charge in [-0.3, -0.25) is 4.90 Å². The molecule has 0 aromatic carbocycles. The molecule has 7 nitrogen and oxygen atoms in total. The van der Waals surface area contributed by atoms with E-state index in [2.05, 4.69) is 22.2 Å². The number of hydrogen-bond donors (Lipinski definition) is 1. The topological polar surface area (TPSA) is 76.2 Å². The lowest BCUT2D eigenvalue weighted by molar-refractivity contribution is -0.389. The Labute approximate surface area is 99.6 Å². The van der Waals surface area contributed by atoms with Gasteiger partial charge in [0.1, 0.15) is 0 Å². The van der Waals surface area contributed by atoms with Crippen LogP contribution in [0.3, 0.4) is 0 Å². The SMILES string of the molecule is C[C@H]1CNCCN1CCn1ccc([N+](=O)[O-])n1. The van der Waals surface area contributed by atoms with Gasteiger partial charge in [0.15, 0.2) is 0 Å². The number of piperazine rings is 1. The molecule has 0 spiro atoms. The van der Waals surface area contributed by atoms with Crippen molar-refractivity contribution in [3.05, 3.63) is 22.4 Å². The summed E-state index contributed by atoms with van der Waals surface area (Å²) in [6.07, 6.45) is 1.66. The van der Waals surface area contributed by atoms with Crippen molar-refractivity contribution < 1.29 is 4.92 Å². The molecule has 1 aliphatic rings. The van der Waals surface area contributed by atoms with Gasteiger partial charge in [-0.1, -0.05) is 0 Å². The first-order valence-corrected chi connectivity index (χ1v) is 5.79. The molecule has 0 radical (unpaired) electrons. The van der Waals surface area contributed by atoms with Gasteiger partial charge < -0.3 is 15.4 Å². The average Bonchev–Trinajstić information content (AvgIpc) is 2.77. The summed E-state index contributed by atoms with van der Waals surface area (Å²) in [5, 5.41) is 17.7. The highest BCUT2D eigenvalue weighted by atomic mass is 16.6. The lowest BCUT2D eigenvalue weighted by atomic mass is 10.2. The Kier molecular flexibility index (Phi) is 3.70. The van der Waals surface area contributed by atoms with Crippen LogP contribution in [0.4, 0.5) is 5.82 Å². The van der Waals surface area contributed by atoms with Crippen molar-refractivity contribution in [2.45, 2.75) is 19.5 Å². The Morgan fingerprint density at radius 3 is 3.12 bits per heavy atom. The van der Waals surface area contributed by atoms with E-state index < -0.39 is 4.92 Å². The second-order valence-electron chi connectivity index (χ2n) is 4.28. The van der Waals surface area contributed by atoms with Gasteiger partial charge in [-0.25, -0.2) is 0 Å². The molecule has 0 unspecified atom stereocenters. The molecule has 1 saturated heterocycles. The van der Waals surface area contributed by atoms with Gasteiger partial charge in [0.2, 0.25) is 0 Å². The Balaban J connectivity index is 1.86. The molecule has 1 aromatic heterocycles. The maximum Gasteiger partial charge on any atom is 0.389 e. The molecule has 7 heteroatoms. The minimum atomic E-state index is -0.468. The second kappa shape index (κ2) is 5.24. The molecule has 17 heavy (non-hydrogen) atoms. The fraction of sp³-hybridized carbons (Fsp3) is 0.700. The predicted molar refractivity (Wildman–Crippen MR) is 62.8 cm³/mol. The maximum absolute atomic E-state index is 10.5. The Bertz CT molecular complexity index is 392. The molecular weight excluding hydrogens is 222 g/mol. The van der Waals surface area contributed by atoms with Crippen LogP contribution in [-0.2, 0) is 6.54 Å². The van der Waals surface area contributed by atoms with E-state index in [1.807, 2.05) is 0 Å². The van der Waals surface area contributed by atoms with Gasteiger partial charge in [0, 0.05) is 32.2 Å². The average molecular weight is 239 g/mol. The standard InChI is InChI=1S/C10H17N5O2/c1-9-8-11-3-5-13(9)6-7-14-4-2-10(12-14)15(16)17/h2,4,9,11H,3,5-8H2,1H3/t9-/m0/s1. The lowest BCUT2D eigenvalue weighted by Crippen LogP contribution is -2.50. The Hall–Kier alpha value is -1.47. The molecule has 0 aliphatic carbocycles. The van der Waals surface area contributed by atoms with Crippen molar-refractivity contribution in [3.63, 3.8) is 0 Å². The van der Waals surface area contributed by atoms with Gasteiger partial charge in [-0.2, -0.15) is 4.68 Å². The van der Waals surface area contributed by atoms with Crippen LogP contribution >= 0.6 is 0 Å². The summed E-state index contributed by atoms with van der Waals surface area (Å²) in [5.74, 6) is -0.0849. The molecule has 94 valence electrons. The molecule has 1 N–H and O–H groups in total. The van der Waals surface area contributed by atoms with Gasteiger partial charge in [0.05, 0.1) is 23.9 Å². The summed E-state index contributed by atoms with van der Waals surface area (Å²) in [6.45, 7) is 6.77. The smallest absolute Gasteiger partial charge is 0.358 e. The van der Waals surface area contributed by atoms with Crippen LogP contribution in [-0.4, -0.2) is 51.8 Å². The van der Waals surface area contributed by atoms with E-state index in [0.29, 0.717) is 12.6 Å². The van der Waals surface area contributed by atoms with Crippen molar-refractivity contribution >= 4 is 5.82 Å². The van der Waals surface area contributed by atoms with E-state index >= 15 is 0 Å². The van der Waals surface area contributed by atoms with Crippen molar-refractivity contribution in [2.24, 2.45) is 0 Å². The van der Waals surface area contributed by atoms with E-state index in [1.54, 1.807) is 10.9 Å². The number of nitrogens with one attached hydrogen (secondary N) is 1. The summed E-state index contributed by atoms with van der Waals surface area (Å²) in [5.41, 5.74) is 0. The van der Waals surface area contributed by atoms with Crippen molar-refractivity contribution in [1.29, 1.82) is 0 Å². The van der Waals surface area contributed by atoms with Crippen LogP contribution in [0.1, 0.15) is 6.92 Å². The van der Waals surface area contributed by atoms with Crippen LogP contribution in [0.15, 0.2) is 12.3 Å². The molecule has 1 fully saturated rings. The Morgan fingerprint density at radius 2 is 2.47 bits per heavy atom. The van der Waals surface area contributed by atoms with Crippen LogP contribution in [0, 0.1) is 10.1 Å². The van der Waals surface area contributed by atoms with Crippen LogP contribution < -0.4 is 5.32 Å². The van der Waals surface area contributed by atoms with Gasteiger partial charge in [-0.05, 0) is 11.8 Å². The lowest BCUT2D eigenvalue weighted by Gasteiger charge is -2.33. The Morgan fingerprint density at radius 1 is 1.65 bits per heavy atom. The van der Waals surface area contributed by atoms with Crippen molar-refractivity contribution in [3.8, 4) is 0 Å². The highest BCUT2D eigenvalue weighted by Crippen LogP contribution is 2.06. The summed E-state index contributed by atoms with van der Waals surface area (Å²) in [7, 11) is 0. The fourth-order valence-electron chi connectivity index (χ4n) is 2.02. The highest BCUT2D eigenvalue weighted by Gasteiger charge is 2.18. The maximum atomic E-state index is 10.5. The minimum Gasteiger partial charge on any atom is -0.358 e. The van der Waals surface area contributed by atoms with Gasteiger partial charge in [0.25, 0.3) is 0 Å². The molecule has 0 amide bonds. The first-order chi connectivity index (χ1) is 8.16. The molecule has 0 saturated carbocycles. The summed E-state index contributed by atoms with van der Waals surface area (Å²) in [4.78, 5) is 12.4. The van der Waals surface area contributed by atoms with Crippen molar-refractivity contribution in [1.82, 2.24) is 20.0 Å². The van der Waals surface area contributed by atoms with Crippen molar-refractivity contribution in [2.75, 3.05) is 26.2 Å². The summed E-state index contributed by atoms with van der Waals surface area (Å²) >= 11 is 0. The quantitative estimate of drug-likeness (QED) is 0.595. The molecule has 1 atom stereocenters. The molecule has 2 rings (SSSR count). The molecule has 0 bridgehead atoms. The zero-order valence-electron chi connectivity index (χ0n) is 9.87. The zero-order chi connectivity index (χ0) is 12.3. The largest absolute Gasteiger partial charge is 0.389 e. The third kappa shape index (κ3) is 3.01. The summed E-state index contributed by atoms with van der Waals surface area (Å²) < 4.78 is 1.63. The van der Waals surface area contributed by atoms with Crippen LogP contribution in [0.5, 0.6) is 0 Å². The molecular formula is C10H17N5O2. The normalized spacial score (nSPS) is 21.6. The first kappa shape index (κ1) is 12.0. The van der Waals surface area contributed by atoms with E-state index in [-0.39, 0.29) is 5.82 Å². The van der Waals surface area contributed by atoms with E-state index in [1.165, 1.54) is 6.07 Å². The number of hydrogen-bond acceptors (Lipinski definition) is 5. The summed E-state index contributed by atoms with van der Waals surface area (Å²) in [6, 6.07) is 1.94. The third-order valence-corrected chi connectivity index (χ3v) is 3.07. The number of rotatable bonds is 4. The molecule has 2 heterocycles. The molecule has 1 aliphatic heterocycles. The number of aromatic nitrogens is 2. The van der Waals surface area contributed by atoms with Crippen LogP contribution in [0.2, 0.25) is 0 Å². The fourth-order valence-corrected chi connectivity index (χ4v) is 2.02. The van der Waals surface area contributed by atoms with Gasteiger partial charge in [-0.15, -0.1) is 0 Å². The third-order valence-electron chi connectivity index (χ3n) is 3.07. The van der Waals surface area contributed by atoms with Gasteiger partial charge >= 0.3 is 5.82 Å². The minimum absolute atomic E-state index is 0.0849. The molecule has 1 aromatic rings. The monoisotopic (exact) mass is 239 g/mol. The van der Waals surface area contributed by atoms with Crippen LogP contribution in [0.25, 0.3) is 0 Å². The zero-order valence-corrected chi connectivity index (χ0v) is 9.87.